The summed E-state index contributed by atoms with van der Waals surface area (Å²) in [5.74, 6) is -0.949. The van der Waals surface area contributed by atoms with Gasteiger partial charge in [0.25, 0.3) is 11.8 Å². The molecular weight excluding hydrogens is 577 g/mol. The zero-order valence-electron chi connectivity index (χ0n) is 22.3. The summed E-state index contributed by atoms with van der Waals surface area (Å²) >= 11 is 13.9. The van der Waals surface area contributed by atoms with Gasteiger partial charge in [-0.3, -0.25) is 14.4 Å². The van der Waals surface area contributed by atoms with Crippen molar-refractivity contribution in [2.24, 2.45) is 0 Å². The highest BCUT2D eigenvalue weighted by Crippen LogP contribution is 2.28. The second-order valence-corrected chi connectivity index (χ2v) is 10.9. The molecule has 3 amide bonds. The van der Waals surface area contributed by atoms with Crippen molar-refractivity contribution in [1.29, 1.82) is 0 Å². The molecule has 0 aliphatic carbocycles. The Kier molecular flexibility index (Phi) is 10.2. The maximum Gasteiger partial charge on any atom is 0.272 e. The Hall–Kier alpha value is -4.04. The number of thioether (sulfide) groups is 1. The first-order valence-electron chi connectivity index (χ1n) is 12.6. The van der Waals surface area contributed by atoms with Crippen LogP contribution in [0.1, 0.15) is 27.0 Å². The van der Waals surface area contributed by atoms with Gasteiger partial charge in [-0.15, -0.1) is 11.8 Å². The highest BCUT2D eigenvalue weighted by molar-refractivity contribution is 8.00. The number of hydrogen-bond donors (Lipinski definition) is 3. The summed E-state index contributed by atoms with van der Waals surface area (Å²) in [6.07, 6.45) is 1.47. The lowest BCUT2D eigenvalue weighted by molar-refractivity contribution is -0.114. The van der Waals surface area contributed by atoms with Crippen LogP contribution in [0.3, 0.4) is 0 Å². The molecule has 0 saturated carbocycles. The van der Waals surface area contributed by atoms with Gasteiger partial charge in [-0.25, -0.2) is 0 Å². The number of carbonyl (C=O) groups excluding carboxylic acids is 3. The quantitative estimate of drug-likeness (QED) is 0.135. The molecule has 0 spiro atoms. The summed E-state index contributed by atoms with van der Waals surface area (Å²) in [4.78, 5) is 39.7. The highest BCUT2D eigenvalue weighted by atomic mass is 35.5. The van der Waals surface area contributed by atoms with E-state index in [1.807, 2.05) is 38.1 Å². The number of benzene rings is 4. The van der Waals surface area contributed by atoms with Gasteiger partial charge in [0.15, 0.2) is 0 Å². The van der Waals surface area contributed by atoms with Crippen molar-refractivity contribution < 1.29 is 14.4 Å². The minimum atomic E-state index is -0.555. The van der Waals surface area contributed by atoms with E-state index >= 15 is 0 Å². The molecule has 4 aromatic rings. The predicted molar refractivity (Wildman–Crippen MR) is 169 cm³/mol. The van der Waals surface area contributed by atoms with Crippen molar-refractivity contribution >= 4 is 70.1 Å². The van der Waals surface area contributed by atoms with Crippen LogP contribution in [0.5, 0.6) is 0 Å². The van der Waals surface area contributed by atoms with Gasteiger partial charge in [-0.2, -0.15) is 0 Å². The zero-order valence-corrected chi connectivity index (χ0v) is 24.7. The van der Waals surface area contributed by atoms with Gasteiger partial charge >= 0.3 is 0 Å². The van der Waals surface area contributed by atoms with Gasteiger partial charge in [-0.1, -0.05) is 77.8 Å². The van der Waals surface area contributed by atoms with Crippen molar-refractivity contribution in [1.82, 2.24) is 5.32 Å². The average Bonchev–Trinajstić information content (AvgIpc) is 2.96. The fourth-order valence-electron chi connectivity index (χ4n) is 3.93. The molecule has 208 valence electrons. The predicted octanol–water partition coefficient (Wildman–Crippen LogP) is 7.75. The molecule has 4 aromatic carbocycles. The summed E-state index contributed by atoms with van der Waals surface area (Å²) in [5.41, 5.74) is 4.14. The summed E-state index contributed by atoms with van der Waals surface area (Å²) in [7, 11) is 0. The molecule has 4 rings (SSSR count). The second-order valence-electron chi connectivity index (χ2n) is 9.11. The summed E-state index contributed by atoms with van der Waals surface area (Å²) in [6.45, 7) is 3.90. The Morgan fingerprint density at radius 2 is 1.49 bits per heavy atom. The van der Waals surface area contributed by atoms with Crippen LogP contribution in [0.4, 0.5) is 11.4 Å². The highest BCUT2D eigenvalue weighted by Gasteiger charge is 2.17. The minimum absolute atomic E-state index is 0.0194. The van der Waals surface area contributed by atoms with E-state index in [-0.39, 0.29) is 22.4 Å². The molecular formula is C32H27Cl2N3O3S. The lowest BCUT2D eigenvalue weighted by atomic mass is 10.1. The molecule has 0 aliphatic heterocycles. The standard InChI is InChI=1S/C32H27Cl2N3O3S/c1-20-9-6-10-21(2)30(20)37-28(38)19-41-25-15-8-14-24(18-25)35-32(40)27(17-23-13-7-16-26(33)29(23)34)36-31(39)22-11-4-3-5-12-22/h3-18H,19H2,1-2H3,(H,35,40)(H,36,39)(H,37,38)/b27-17+. The average molecular weight is 605 g/mol. The topological polar surface area (TPSA) is 87.3 Å². The van der Waals surface area contributed by atoms with Crippen LogP contribution >= 0.6 is 35.0 Å². The maximum absolute atomic E-state index is 13.4. The van der Waals surface area contributed by atoms with E-state index in [0.29, 0.717) is 21.8 Å². The number of para-hydroxylation sites is 1. The van der Waals surface area contributed by atoms with Crippen LogP contribution in [0.2, 0.25) is 10.0 Å². The Bertz CT molecular complexity index is 1600. The largest absolute Gasteiger partial charge is 0.325 e. The van der Waals surface area contributed by atoms with Crippen LogP contribution < -0.4 is 16.0 Å². The van der Waals surface area contributed by atoms with Crippen molar-refractivity contribution in [3.8, 4) is 0 Å². The van der Waals surface area contributed by atoms with Gasteiger partial charge < -0.3 is 16.0 Å². The molecule has 0 aliphatic rings. The van der Waals surface area contributed by atoms with Crippen molar-refractivity contribution in [3.05, 3.63) is 129 Å². The molecule has 0 saturated heterocycles. The molecule has 0 radical (unpaired) electrons. The Morgan fingerprint density at radius 1 is 0.805 bits per heavy atom. The third kappa shape index (κ3) is 8.24. The van der Waals surface area contributed by atoms with Crippen LogP contribution in [-0.4, -0.2) is 23.5 Å². The SMILES string of the molecule is Cc1cccc(C)c1NC(=O)CSc1cccc(NC(=O)/C(=C\c2cccc(Cl)c2Cl)NC(=O)c2ccccc2)c1. The fraction of sp³-hybridized carbons (Fsp3) is 0.0938. The van der Waals surface area contributed by atoms with Crippen LogP contribution in [-0.2, 0) is 9.59 Å². The molecule has 0 heterocycles. The van der Waals surface area contributed by atoms with E-state index in [1.54, 1.807) is 66.7 Å². The van der Waals surface area contributed by atoms with E-state index in [0.717, 1.165) is 21.7 Å². The smallest absolute Gasteiger partial charge is 0.272 e. The van der Waals surface area contributed by atoms with Crippen molar-refractivity contribution in [3.63, 3.8) is 0 Å². The molecule has 0 fully saturated rings. The first-order valence-corrected chi connectivity index (χ1v) is 14.4. The molecule has 0 bridgehead atoms. The van der Waals surface area contributed by atoms with Gasteiger partial charge in [0, 0.05) is 21.8 Å². The second kappa shape index (κ2) is 14.0. The van der Waals surface area contributed by atoms with Gasteiger partial charge in [0.1, 0.15) is 5.70 Å². The fourth-order valence-corrected chi connectivity index (χ4v) is 5.05. The molecule has 0 unspecified atom stereocenters. The number of amides is 3. The number of carbonyl (C=O) groups is 3. The Morgan fingerprint density at radius 3 is 2.22 bits per heavy atom. The third-order valence-corrected chi connectivity index (χ3v) is 7.84. The first kappa shape index (κ1) is 29.9. The minimum Gasteiger partial charge on any atom is -0.325 e. The summed E-state index contributed by atoms with van der Waals surface area (Å²) < 4.78 is 0. The Balaban J connectivity index is 1.49. The monoisotopic (exact) mass is 603 g/mol. The van der Waals surface area contributed by atoms with Crippen LogP contribution in [0, 0.1) is 13.8 Å². The number of hydrogen-bond acceptors (Lipinski definition) is 4. The normalized spacial score (nSPS) is 11.1. The zero-order chi connectivity index (χ0) is 29.4. The van der Waals surface area contributed by atoms with Crippen molar-refractivity contribution in [2.45, 2.75) is 18.7 Å². The molecule has 41 heavy (non-hydrogen) atoms. The molecule has 0 atom stereocenters. The molecule has 0 aromatic heterocycles. The van der Waals surface area contributed by atoms with Crippen LogP contribution in [0.25, 0.3) is 6.08 Å². The van der Waals surface area contributed by atoms with E-state index in [1.165, 1.54) is 17.8 Å². The van der Waals surface area contributed by atoms with E-state index in [9.17, 15) is 14.4 Å². The maximum atomic E-state index is 13.4. The van der Waals surface area contributed by atoms with E-state index in [2.05, 4.69) is 16.0 Å². The van der Waals surface area contributed by atoms with E-state index < -0.39 is 11.8 Å². The Labute approximate surface area is 253 Å². The lowest BCUT2D eigenvalue weighted by Gasteiger charge is -2.13. The van der Waals surface area contributed by atoms with Gasteiger partial charge in [0.2, 0.25) is 5.91 Å². The van der Waals surface area contributed by atoms with Gasteiger partial charge in [0.05, 0.1) is 15.8 Å². The number of halogens is 2. The number of nitrogens with one attached hydrogen (secondary N) is 3. The number of rotatable bonds is 9. The number of anilines is 2. The molecule has 3 N–H and O–H groups in total. The number of aryl methyl sites for hydroxylation is 2. The lowest BCUT2D eigenvalue weighted by Crippen LogP contribution is -2.30. The molecule has 9 heteroatoms. The third-order valence-electron chi connectivity index (χ3n) is 6.02. The summed E-state index contributed by atoms with van der Waals surface area (Å²) in [5, 5.41) is 9.06. The van der Waals surface area contributed by atoms with Crippen molar-refractivity contribution in [2.75, 3.05) is 16.4 Å². The summed E-state index contributed by atoms with van der Waals surface area (Å²) in [6, 6.07) is 26.6. The first-order chi connectivity index (χ1) is 19.7. The van der Waals surface area contributed by atoms with Crippen LogP contribution in [0.15, 0.2) is 102 Å². The van der Waals surface area contributed by atoms with Gasteiger partial charge in [-0.05, 0) is 73.0 Å². The van der Waals surface area contributed by atoms with E-state index in [4.69, 9.17) is 23.2 Å². The molecule has 6 nitrogen and oxygen atoms in total.